The lowest BCUT2D eigenvalue weighted by Crippen LogP contribution is -2.56. The van der Waals surface area contributed by atoms with Crippen LogP contribution in [0.15, 0.2) is 0 Å². The van der Waals surface area contributed by atoms with Gasteiger partial charge in [-0.15, -0.1) is 0 Å². The van der Waals surface area contributed by atoms with Crippen LogP contribution in [-0.4, -0.2) is 24.6 Å². The molecule has 0 aromatic carbocycles. The lowest BCUT2D eigenvalue weighted by molar-refractivity contribution is -0.376. The van der Waals surface area contributed by atoms with Crippen molar-refractivity contribution in [2.45, 2.75) is 57.0 Å². The summed E-state index contributed by atoms with van der Waals surface area (Å²) in [6.07, 6.45) is -7.00. The second-order valence-corrected chi connectivity index (χ2v) is 4.84. The standard InChI is InChI=1S/C11H16F6O/c1-9(10(12,13)14,11(15,16)17)18-7-8-5-3-2-4-6-8/h8H,2-7H2,1H3. The van der Waals surface area contributed by atoms with Gasteiger partial charge < -0.3 is 4.74 Å². The maximum Gasteiger partial charge on any atom is 0.426 e. The van der Waals surface area contributed by atoms with E-state index in [1.165, 1.54) is 0 Å². The molecular weight excluding hydrogens is 262 g/mol. The van der Waals surface area contributed by atoms with Gasteiger partial charge in [-0.3, -0.25) is 0 Å². The highest BCUT2D eigenvalue weighted by Gasteiger charge is 2.69. The normalized spacial score (nSPS) is 20.2. The Kier molecular flexibility index (Phi) is 4.56. The molecule has 0 atom stereocenters. The fourth-order valence-corrected chi connectivity index (χ4v) is 1.96. The first-order valence-electron chi connectivity index (χ1n) is 5.85. The molecule has 0 heterocycles. The van der Waals surface area contributed by atoms with Crippen molar-refractivity contribution in [1.82, 2.24) is 0 Å². The molecule has 0 spiro atoms. The number of halogens is 6. The van der Waals surface area contributed by atoms with Crippen molar-refractivity contribution in [3.05, 3.63) is 0 Å². The summed E-state index contributed by atoms with van der Waals surface area (Å²) >= 11 is 0. The van der Waals surface area contributed by atoms with E-state index in [-0.39, 0.29) is 12.8 Å². The van der Waals surface area contributed by atoms with Crippen molar-refractivity contribution in [3.63, 3.8) is 0 Å². The van der Waals surface area contributed by atoms with Crippen LogP contribution in [0.1, 0.15) is 39.0 Å². The lowest BCUT2D eigenvalue weighted by Gasteiger charge is -2.35. The molecule has 0 aromatic heterocycles. The molecule has 1 aliphatic carbocycles. The quantitative estimate of drug-likeness (QED) is 0.692. The lowest BCUT2D eigenvalue weighted by atomic mass is 9.90. The predicted molar refractivity (Wildman–Crippen MR) is 53.0 cm³/mol. The zero-order valence-corrected chi connectivity index (χ0v) is 10.00. The molecule has 0 saturated heterocycles. The predicted octanol–water partition coefficient (Wildman–Crippen LogP) is 4.47. The number of alkyl halides is 6. The molecule has 0 unspecified atom stereocenters. The Hall–Kier alpha value is -0.460. The number of hydrogen-bond donors (Lipinski definition) is 0. The molecule has 0 bridgehead atoms. The van der Waals surface area contributed by atoms with Crippen molar-refractivity contribution in [1.29, 1.82) is 0 Å². The summed E-state index contributed by atoms with van der Waals surface area (Å²) < 4.78 is 79.3. The van der Waals surface area contributed by atoms with E-state index in [9.17, 15) is 26.3 Å². The van der Waals surface area contributed by atoms with Gasteiger partial charge in [-0.05, 0) is 25.7 Å². The van der Waals surface area contributed by atoms with Gasteiger partial charge in [0.25, 0.3) is 5.60 Å². The van der Waals surface area contributed by atoms with Gasteiger partial charge in [0.1, 0.15) is 0 Å². The minimum Gasteiger partial charge on any atom is -0.358 e. The van der Waals surface area contributed by atoms with E-state index >= 15 is 0 Å². The zero-order chi connectivity index (χ0) is 14.0. The van der Waals surface area contributed by atoms with Gasteiger partial charge >= 0.3 is 12.4 Å². The SMILES string of the molecule is CC(OCC1CCCCC1)(C(F)(F)F)C(F)(F)F. The highest BCUT2D eigenvalue weighted by atomic mass is 19.4. The van der Waals surface area contributed by atoms with Gasteiger partial charge in [0.2, 0.25) is 0 Å². The van der Waals surface area contributed by atoms with Crippen molar-refractivity contribution in [3.8, 4) is 0 Å². The van der Waals surface area contributed by atoms with Crippen molar-refractivity contribution < 1.29 is 31.1 Å². The zero-order valence-electron chi connectivity index (χ0n) is 10.00. The Morgan fingerprint density at radius 1 is 0.889 bits per heavy atom. The van der Waals surface area contributed by atoms with E-state index < -0.39 is 24.6 Å². The van der Waals surface area contributed by atoms with Crippen molar-refractivity contribution >= 4 is 0 Å². The molecule has 7 heteroatoms. The van der Waals surface area contributed by atoms with Gasteiger partial charge in [0.15, 0.2) is 0 Å². The molecule has 1 fully saturated rings. The molecule has 1 nitrogen and oxygen atoms in total. The largest absolute Gasteiger partial charge is 0.426 e. The second-order valence-electron chi connectivity index (χ2n) is 4.84. The van der Waals surface area contributed by atoms with Gasteiger partial charge in [0.05, 0.1) is 6.61 Å². The van der Waals surface area contributed by atoms with Gasteiger partial charge in [-0.25, -0.2) is 0 Å². The van der Waals surface area contributed by atoms with E-state index in [0.29, 0.717) is 12.8 Å². The Morgan fingerprint density at radius 2 is 1.33 bits per heavy atom. The first kappa shape index (κ1) is 15.6. The van der Waals surface area contributed by atoms with E-state index in [4.69, 9.17) is 0 Å². The third kappa shape index (κ3) is 3.30. The first-order chi connectivity index (χ1) is 8.08. The summed E-state index contributed by atoms with van der Waals surface area (Å²) in [6.45, 7) is -0.439. The van der Waals surface area contributed by atoms with Gasteiger partial charge in [-0.1, -0.05) is 19.3 Å². The van der Waals surface area contributed by atoms with Crippen LogP contribution in [0.4, 0.5) is 26.3 Å². The molecule has 18 heavy (non-hydrogen) atoms. The second kappa shape index (κ2) is 5.27. The minimum absolute atomic E-state index is 0.0514. The summed E-state index contributed by atoms with van der Waals surface area (Å²) in [6, 6.07) is 0. The Labute approximate surface area is 101 Å². The van der Waals surface area contributed by atoms with Crippen LogP contribution in [0, 0.1) is 5.92 Å². The summed E-state index contributed by atoms with van der Waals surface area (Å²) in [7, 11) is 0. The first-order valence-corrected chi connectivity index (χ1v) is 5.85. The summed E-state index contributed by atoms with van der Waals surface area (Å²) in [5.74, 6) is -0.206. The third-order valence-corrected chi connectivity index (χ3v) is 3.41. The van der Waals surface area contributed by atoms with Crippen LogP contribution in [0.3, 0.4) is 0 Å². The van der Waals surface area contributed by atoms with Crippen LogP contribution in [-0.2, 0) is 4.74 Å². The van der Waals surface area contributed by atoms with E-state index in [1.54, 1.807) is 0 Å². The number of rotatable bonds is 3. The summed E-state index contributed by atoms with van der Waals surface area (Å²) in [4.78, 5) is 0. The van der Waals surface area contributed by atoms with Gasteiger partial charge in [0, 0.05) is 0 Å². The molecular formula is C11H16F6O. The molecule has 1 saturated carbocycles. The number of hydrogen-bond acceptors (Lipinski definition) is 1. The van der Waals surface area contributed by atoms with E-state index in [1.807, 2.05) is 0 Å². The monoisotopic (exact) mass is 278 g/mol. The Morgan fingerprint density at radius 3 is 1.72 bits per heavy atom. The highest BCUT2D eigenvalue weighted by molar-refractivity contribution is 4.92. The molecule has 0 aliphatic heterocycles. The van der Waals surface area contributed by atoms with E-state index in [2.05, 4.69) is 4.74 Å². The fourth-order valence-electron chi connectivity index (χ4n) is 1.96. The molecule has 0 radical (unpaired) electrons. The van der Waals surface area contributed by atoms with Crippen molar-refractivity contribution in [2.75, 3.05) is 6.61 Å². The maximum atomic E-state index is 12.5. The molecule has 108 valence electrons. The fraction of sp³-hybridized carbons (Fsp3) is 1.00. The molecule has 1 aliphatic rings. The highest BCUT2D eigenvalue weighted by Crippen LogP contribution is 2.46. The van der Waals surface area contributed by atoms with E-state index in [0.717, 1.165) is 19.3 Å². The Bertz CT molecular complexity index is 250. The summed E-state index contributed by atoms with van der Waals surface area (Å²) in [5.41, 5.74) is -4.07. The Balaban J connectivity index is 2.68. The number of ether oxygens (including phenoxy) is 1. The minimum atomic E-state index is -5.46. The van der Waals surface area contributed by atoms with Crippen LogP contribution in [0.5, 0.6) is 0 Å². The molecule has 0 N–H and O–H groups in total. The molecule has 0 aromatic rings. The van der Waals surface area contributed by atoms with Crippen LogP contribution in [0.25, 0.3) is 0 Å². The van der Waals surface area contributed by atoms with Crippen LogP contribution < -0.4 is 0 Å². The summed E-state index contributed by atoms with van der Waals surface area (Å²) in [5, 5.41) is 0. The van der Waals surface area contributed by atoms with Crippen LogP contribution >= 0.6 is 0 Å². The average molecular weight is 278 g/mol. The van der Waals surface area contributed by atoms with Crippen molar-refractivity contribution in [2.24, 2.45) is 5.92 Å². The topological polar surface area (TPSA) is 9.23 Å². The van der Waals surface area contributed by atoms with Gasteiger partial charge in [-0.2, -0.15) is 26.3 Å². The third-order valence-electron chi connectivity index (χ3n) is 3.41. The smallest absolute Gasteiger partial charge is 0.358 e. The molecule has 1 rings (SSSR count). The average Bonchev–Trinajstić information content (AvgIpc) is 2.24. The molecule has 0 amide bonds. The van der Waals surface area contributed by atoms with Crippen LogP contribution in [0.2, 0.25) is 0 Å². The maximum absolute atomic E-state index is 12.5.